The number of allylic oxidation sites excluding steroid dienone is 5. The van der Waals surface area contributed by atoms with Crippen molar-refractivity contribution < 1.29 is 9.84 Å². The van der Waals surface area contributed by atoms with E-state index in [0.29, 0.717) is 12.5 Å². The van der Waals surface area contributed by atoms with Gasteiger partial charge < -0.3 is 9.84 Å². The average Bonchev–Trinajstić information content (AvgIpc) is 2.84. The predicted octanol–water partition coefficient (Wildman–Crippen LogP) is 2.21. The van der Waals surface area contributed by atoms with Crippen LogP contribution in [0.15, 0.2) is 35.6 Å². The molecule has 0 saturated carbocycles. The monoisotopic (exact) mass is 244 g/mol. The lowest BCUT2D eigenvalue weighted by molar-refractivity contribution is 0.152. The summed E-state index contributed by atoms with van der Waals surface area (Å²) in [7, 11) is 0. The first-order valence-electron chi connectivity index (χ1n) is 5.94. The van der Waals surface area contributed by atoms with Gasteiger partial charge in [0.2, 0.25) is 0 Å². The number of hydrogen-bond acceptors (Lipinski definition) is 4. The lowest BCUT2D eigenvalue weighted by Crippen LogP contribution is -1.97. The largest absolute Gasteiger partial charge is 0.492 e. The molecule has 4 nitrogen and oxygen atoms in total. The highest BCUT2D eigenvalue weighted by Crippen LogP contribution is 2.22. The van der Waals surface area contributed by atoms with Crippen LogP contribution in [0.3, 0.4) is 0 Å². The van der Waals surface area contributed by atoms with Gasteiger partial charge in [0, 0.05) is 0 Å². The maximum absolute atomic E-state index is 8.63. The van der Waals surface area contributed by atoms with Crippen LogP contribution in [-0.2, 0) is 4.74 Å². The molecule has 0 aliphatic heterocycles. The van der Waals surface area contributed by atoms with Crippen LogP contribution < -0.4 is 0 Å². The molecule has 0 amide bonds. The zero-order chi connectivity index (χ0) is 13.2. The van der Waals surface area contributed by atoms with E-state index in [1.54, 1.807) is 6.08 Å². The van der Waals surface area contributed by atoms with Gasteiger partial charge in [-0.05, 0) is 37.3 Å². The van der Waals surface area contributed by atoms with Gasteiger partial charge >= 0.3 is 0 Å². The number of nitrogens with zero attached hydrogens (tertiary/aromatic N) is 2. The van der Waals surface area contributed by atoms with E-state index >= 15 is 0 Å². The van der Waals surface area contributed by atoms with Crippen LogP contribution in [-0.4, -0.2) is 18.3 Å². The van der Waals surface area contributed by atoms with Gasteiger partial charge in [0.1, 0.15) is 30.1 Å². The molecule has 0 aromatic carbocycles. The van der Waals surface area contributed by atoms with Crippen molar-refractivity contribution in [2.45, 2.75) is 19.3 Å². The van der Waals surface area contributed by atoms with Gasteiger partial charge in [-0.1, -0.05) is 12.2 Å². The minimum Gasteiger partial charge on any atom is -0.492 e. The third kappa shape index (κ3) is 4.86. The van der Waals surface area contributed by atoms with Crippen LogP contribution in [0.2, 0.25) is 0 Å². The van der Waals surface area contributed by atoms with Gasteiger partial charge in [-0.15, -0.1) is 0 Å². The smallest absolute Gasteiger partial charge is 0.125 e. The molecule has 0 aromatic heterocycles. The Morgan fingerprint density at radius 1 is 1.44 bits per heavy atom. The highest BCUT2D eigenvalue weighted by atomic mass is 16.5. The van der Waals surface area contributed by atoms with Gasteiger partial charge in [0.05, 0.1) is 6.61 Å². The second-order valence-electron chi connectivity index (χ2n) is 3.94. The number of nitriles is 2. The number of unbranched alkanes of at least 4 members (excludes halogenated alkanes) is 1. The quantitative estimate of drug-likeness (QED) is 0.550. The normalized spacial score (nSPS) is 16.6. The average molecular weight is 244 g/mol. The molecule has 1 unspecified atom stereocenters. The van der Waals surface area contributed by atoms with Crippen LogP contribution in [0.1, 0.15) is 19.3 Å². The molecule has 1 aliphatic carbocycles. The third-order valence-corrected chi connectivity index (χ3v) is 2.58. The summed E-state index contributed by atoms with van der Waals surface area (Å²) in [6.45, 7) is 0.338. The van der Waals surface area contributed by atoms with Gasteiger partial charge in [-0.25, -0.2) is 0 Å². The summed E-state index contributed by atoms with van der Waals surface area (Å²) in [5.74, 6) is 1.15. The molecule has 1 rings (SSSR count). The molecule has 0 radical (unpaired) electrons. The molecule has 0 fully saturated rings. The van der Waals surface area contributed by atoms with Crippen molar-refractivity contribution in [2.75, 3.05) is 13.2 Å². The Morgan fingerprint density at radius 3 is 2.89 bits per heavy atom. The van der Waals surface area contributed by atoms with Crippen molar-refractivity contribution >= 4 is 0 Å². The number of aliphatic hydroxyl groups excluding tert-OH is 1. The molecule has 1 atom stereocenters. The van der Waals surface area contributed by atoms with E-state index in [0.717, 1.165) is 25.0 Å². The second kappa shape index (κ2) is 8.11. The van der Waals surface area contributed by atoms with Crippen molar-refractivity contribution in [1.29, 1.82) is 10.5 Å². The summed E-state index contributed by atoms with van der Waals surface area (Å²) in [5.41, 5.74) is 0.180. The summed E-state index contributed by atoms with van der Waals surface area (Å²) in [4.78, 5) is 0. The molecule has 1 aliphatic rings. The molecule has 0 spiro atoms. The first kappa shape index (κ1) is 14.0. The maximum Gasteiger partial charge on any atom is 0.125 e. The molecule has 0 bridgehead atoms. The van der Waals surface area contributed by atoms with Gasteiger partial charge in [0.25, 0.3) is 0 Å². The van der Waals surface area contributed by atoms with Crippen molar-refractivity contribution in [3.8, 4) is 12.1 Å². The highest BCUT2D eigenvalue weighted by Gasteiger charge is 2.09. The van der Waals surface area contributed by atoms with Gasteiger partial charge in [-0.3, -0.25) is 0 Å². The molecule has 1 N–H and O–H groups in total. The van der Waals surface area contributed by atoms with Crippen LogP contribution in [0.25, 0.3) is 0 Å². The van der Waals surface area contributed by atoms with Gasteiger partial charge in [-0.2, -0.15) is 10.5 Å². The fourth-order valence-corrected chi connectivity index (χ4v) is 1.70. The lowest BCUT2D eigenvalue weighted by atomic mass is 10.0. The minimum absolute atomic E-state index is 0.0196. The standard InChI is InChI=1S/C14H16N2O2/c15-10-13(11-16)4-2-1-3-12-5-6-14(9-12)18-8-7-17/h4-6,9,12,17H,1-3,7-8H2. The molecular formula is C14H16N2O2. The molecule has 0 heterocycles. The first-order chi connectivity index (χ1) is 8.80. The molecule has 4 heteroatoms. The Balaban J connectivity index is 2.25. The van der Waals surface area contributed by atoms with Crippen LogP contribution in [0, 0.1) is 28.6 Å². The topological polar surface area (TPSA) is 77.0 Å². The van der Waals surface area contributed by atoms with Gasteiger partial charge in [0.15, 0.2) is 0 Å². The Hall–Kier alpha value is -2.04. The Bertz CT molecular complexity index is 420. The molecule has 18 heavy (non-hydrogen) atoms. The summed E-state index contributed by atoms with van der Waals surface area (Å²) in [5, 5.41) is 25.7. The Morgan fingerprint density at radius 2 is 2.22 bits per heavy atom. The summed E-state index contributed by atoms with van der Waals surface area (Å²) in [6.07, 6.45) is 10.3. The van der Waals surface area contributed by atoms with E-state index in [-0.39, 0.29) is 12.2 Å². The van der Waals surface area contributed by atoms with E-state index < -0.39 is 0 Å². The Labute approximate surface area is 107 Å². The van der Waals surface area contributed by atoms with Crippen LogP contribution >= 0.6 is 0 Å². The van der Waals surface area contributed by atoms with E-state index in [1.807, 2.05) is 24.3 Å². The molecule has 0 aromatic rings. The molecule has 94 valence electrons. The Kier molecular flexibility index (Phi) is 6.32. The highest BCUT2D eigenvalue weighted by molar-refractivity contribution is 5.34. The zero-order valence-corrected chi connectivity index (χ0v) is 10.2. The van der Waals surface area contributed by atoms with Crippen LogP contribution in [0.4, 0.5) is 0 Å². The molecular weight excluding hydrogens is 228 g/mol. The van der Waals surface area contributed by atoms with Crippen molar-refractivity contribution in [3.05, 3.63) is 35.6 Å². The minimum atomic E-state index is 0.0196. The predicted molar refractivity (Wildman–Crippen MR) is 66.9 cm³/mol. The first-order valence-corrected chi connectivity index (χ1v) is 5.94. The zero-order valence-electron chi connectivity index (χ0n) is 10.2. The van der Waals surface area contributed by atoms with Crippen molar-refractivity contribution in [3.63, 3.8) is 0 Å². The number of hydrogen-bond donors (Lipinski definition) is 1. The van der Waals surface area contributed by atoms with E-state index in [1.165, 1.54) is 0 Å². The fourth-order valence-electron chi connectivity index (χ4n) is 1.70. The maximum atomic E-state index is 8.63. The lowest BCUT2D eigenvalue weighted by Gasteiger charge is -2.04. The number of ether oxygens (including phenoxy) is 1. The van der Waals surface area contributed by atoms with Crippen LogP contribution in [0.5, 0.6) is 0 Å². The summed E-state index contributed by atoms with van der Waals surface area (Å²) in [6, 6.07) is 3.68. The number of rotatable bonds is 7. The third-order valence-electron chi connectivity index (χ3n) is 2.58. The number of aliphatic hydroxyl groups is 1. The van der Waals surface area contributed by atoms with Crippen molar-refractivity contribution in [1.82, 2.24) is 0 Å². The van der Waals surface area contributed by atoms with Crippen molar-refractivity contribution in [2.24, 2.45) is 5.92 Å². The molecule has 0 saturated heterocycles. The second-order valence-corrected chi connectivity index (χ2v) is 3.94. The summed E-state index contributed by atoms with van der Waals surface area (Å²) >= 11 is 0. The summed E-state index contributed by atoms with van der Waals surface area (Å²) < 4.78 is 5.29. The van der Waals surface area contributed by atoms with E-state index in [2.05, 4.69) is 6.08 Å². The fraction of sp³-hybridized carbons (Fsp3) is 0.429. The van der Waals surface area contributed by atoms with E-state index in [4.69, 9.17) is 20.4 Å². The van der Waals surface area contributed by atoms with E-state index in [9.17, 15) is 0 Å². The SMILES string of the molecule is N#CC(C#N)=CCCCC1C=CC(OCCO)=C1.